The number of hydrogen-bond donors (Lipinski definition) is 0. The standard InChI is InChI=1S/C22H28N2O4/c1-4-28-22-8-6-5-7-19(22)24-13-11-23(12-14-24)16-20(25)18-15-17(26-2)9-10-21(18)27-3/h5-10,15H,4,11-14,16H2,1-3H3. The number of nitrogens with zero attached hydrogens (tertiary/aromatic N) is 2. The molecule has 150 valence electrons. The Morgan fingerprint density at radius 1 is 0.964 bits per heavy atom. The molecule has 1 aliphatic rings. The van der Waals surface area contributed by atoms with Crippen molar-refractivity contribution in [1.82, 2.24) is 4.90 Å². The van der Waals surface area contributed by atoms with Gasteiger partial charge >= 0.3 is 0 Å². The van der Waals surface area contributed by atoms with Crippen molar-refractivity contribution >= 4 is 11.5 Å². The van der Waals surface area contributed by atoms with Crippen LogP contribution in [0.4, 0.5) is 5.69 Å². The number of hydrogen-bond acceptors (Lipinski definition) is 6. The van der Waals surface area contributed by atoms with E-state index in [0.717, 1.165) is 37.6 Å². The van der Waals surface area contributed by atoms with E-state index in [1.807, 2.05) is 25.1 Å². The van der Waals surface area contributed by atoms with E-state index >= 15 is 0 Å². The van der Waals surface area contributed by atoms with E-state index in [9.17, 15) is 4.79 Å². The van der Waals surface area contributed by atoms with Crippen LogP contribution in [0.25, 0.3) is 0 Å². The van der Waals surface area contributed by atoms with E-state index in [2.05, 4.69) is 15.9 Å². The first-order valence-electron chi connectivity index (χ1n) is 9.60. The van der Waals surface area contributed by atoms with Crippen LogP contribution in [0.3, 0.4) is 0 Å². The number of benzene rings is 2. The third-order valence-electron chi connectivity index (χ3n) is 4.95. The minimum absolute atomic E-state index is 0.0407. The number of methoxy groups -OCH3 is 2. The first-order valence-corrected chi connectivity index (χ1v) is 9.60. The fourth-order valence-corrected chi connectivity index (χ4v) is 3.46. The number of rotatable bonds is 8. The zero-order valence-corrected chi connectivity index (χ0v) is 16.8. The van der Waals surface area contributed by atoms with Crippen molar-refractivity contribution in [3.63, 3.8) is 0 Å². The van der Waals surface area contributed by atoms with Crippen LogP contribution in [0.2, 0.25) is 0 Å². The average Bonchev–Trinajstić information content (AvgIpc) is 2.74. The quantitative estimate of drug-likeness (QED) is 0.652. The molecule has 6 heteroatoms. The van der Waals surface area contributed by atoms with E-state index in [4.69, 9.17) is 14.2 Å². The number of ketones is 1. The molecule has 1 aliphatic heterocycles. The summed E-state index contributed by atoms with van der Waals surface area (Å²) in [5, 5.41) is 0. The maximum atomic E-state index is 12.8. The van der Waals surface area contributed by atoms with E-state index in [-0.39, 0.29) is 5.78 Å². The molecule has 6 nitrogen and oxygen atoms in total. The topological polar surface area (TPSA) is 51.2 Å². The summed E-state index contributed by atoms with van der Waals surface area (Å²) >= 11 is 0. The second-order valence-electron chi connectivity index (χ2n) is 6.65. The minimum atomic E-state index is 0.0407. The van der Waals surface area contributed by atoms with Crippen LogP contribution in [-0.4, -0.2) is 64.2 Å². The lowest BCUT2D eigenvalue weighted by molar-refractivity contribution is 0.0923. The van der Waals surface area contributed by atoms with Crippen LogP contribution in [0, 0.1) is 0 Å². The number of carbonyl (C=O) groups excluding carboxylic acids is 1. The molecule has 0 radical (unpaired) electrons. The fraction of sp³-hybridized carbons (Fsp3) is 0.409. The molecule has 2 aromatic carbocycles. The molecule has 0 aromatic heterocycles. The average molecular weight is 384 g/mol. The first kappa shape index (κ1) is 20.0. The van der Waals surface area contributed by atoms with E-state index in [1.54, 1.807) is 32.4 Å². The number of piperazine rings is 1. The van der Waals surface area contributed by atoms with Gasteiger partial charge in [0.05, 0.1) is 38.6 Å². The van der Waals surface area contributed by atoms with Crippen LogP contribution in [0.5, 0.6) is 17.2 Å². The van der Waals surface area contributed by atoms with Crippen molar-refractivity contribution < 1.29 is 19.0 Å². The molecule has 28 heavy (non-hydrogen) atoms. The summed E-state index contributed by atoms with van der Waals surface area (Å²) in [6.07, 6.45) is 0. The molecular formula is C22H28N2O4. The maximum absolute atomic E-state index is 12.8. The summed E-state index contributed by atoms with van der Waals surface area (Å²) in [4.78, 5) is 17.3. The third kappa shape index (κ3) is 4.57. The highest BCUT2D eigenvalue weighted by Gasteiger charge is 2.23. The zero-order valence-electron chi connectivity index (χ0n) is 16.8. The lowest BCUT2D eigenvalue weighted by Crippen LogP contribution is -2.48. The first-order chi connectivity index (χ1) is 13.7. The normalized spacial score (nSPS) is 14.6. The molecule has 1 fully saturated rings. The predicted octanol–water partition coefficient (Wildman–Crippen LogP) is 3.11. The van der Waals surface area contributed by atoms with Crippen molar-refractivity contribution in [3.8, 4) is 17.2 Å². The molecule has 0 unspecified atom stereocenters. The Balaban J connectivity index is 1.63. The predicted molar refractivity (Wildman–Crippen MR) is 110 cm³/mol. The fourth-order valence-electron chi connectivity index (χ4n) is 3.46. The second-order valence-corrected chi connectivity index (χ2v) is 6.65. The summed E-state index contributed by atoms with van der Waals surface area (Å²) in [7, 11) is 3.17. The van der Waals surface area contributed by atoms with Crippen LogP contribution < -0.4 is 19.1 Å². The molecule has 2 aromatic rings. The van der Waals surface area contributed by atoms with Gasteiger partial charge in [0.25, 0.3) is 0 Å². The van der Waals surface area contributed by atoms with Gasteiger partial charge in [0.15, 0.2) is 5.78 Å². The molecule has 0 N–H and O–H groups in total. The minimum Gasteiger partial charge on any atom is -0.497 e. The van der Waals surface area contributed by atoms with Crippen molar-refractivity contribution in [3.05, 3.63) is 48.0 Å². The van der Waals surface area contributed by atoms with Crippen molar-refractivity contribution in [2.75, 3.05) is 58.5 Å². The number of ether oxygens (including phenoxy) is 3. The van der Waals surface area contributed by atoms with Gasteiger partial charge in [0, 0.05) is 26.2 Å². The monoisotopic (exact) mass is 384 g/mol. The summed E-state index contributed by atoms with van der Waals surface area (Å²) in [6.45, 7) is 6.35. The van der Waals surface area contributed by atoms with Crippen LogP contribution in [0.15, 0.2) is 42.5 Å². The molecule has 1 saturated heterocycles. The SMILES string of the molecule is CCOc1ccccc1N1CCN(CC(=O)c2cc(OC)ccc2OC)CC1. The lowest BCUT2D eigenvalue weighted by atomic mass is 10.1. The van der Waals surface area contributed by atoms with Gasteiger partial charge in [-0.05, 0) is 37.3 Å². The summed E-state index contributed by atoms with van der Waals surface area (Å²) < 4.78 is 16.3. The van der Waals surface area contributed by atoms with E-state index in [0.29, 0.717) is 30.2 Å². The van der Waals surface area contributed by atoms with E-state index < -0.39 is 0 Å². The van der Waals surface area contributed by atoms with Gasteiger partial charge in [-0.3, -0.25) is 9.69 Å². The summed E-state index contributed by atoms with van der Waals surface area (Å²) in [6, 6.07) is 13.4. The van der Waals surface area contributed by atoms with Gasteiger partial charge in [0.1, 0.15) is 17.2 Å². The smallest absolute Gasteiger partial charge is 0.180 e. The van der Waals surface area contributed by atoms with Gasteiger partial charge < -0.3 is 19.1 Å². The molecule has 3 rings (SSSR count). The Morgan fingerprint density at radius 3 is 2.39 bits per heavy atom. The number of para-hydroxylation sites is 2. The molecule has 1 heterocycles. The highest BCUT2D eigenvalue weighted by atomic mass is 16.5. The number of carbonyl (C=O) groups is 1. The van der Waals surface area contributed by atoms with E-state index in [1.165, 1.54) is 0 Å². The highest BCUT2D eigenvalue weighted by Crippen LogP contribution is 2.29. The number of anilines is 1. The molecule has 0 atom stereocenters. The zero-order chi connectivity index (χ0) is 19.9. The van der Waals surface area contributed by atoms with Crippen molar-refractivity contribution in [2.24, 2.45) is 0 Å². The summed E-state index contributed by atoms with van der Waals surface area (Å²) in [5.74, 6) is 2.19. The Hall–Kier alpha value is -2.73. The molecule has 0 spiro atoms. The Bertz CT molecular complexity index is 801. The largest absolute Gasteiger partial charge is 0.497 e. The lowest BCUT2D eigenvalue weighted by Gasteiger charge is -2.36. The van der Waals surface area contributed by atoms with Gasteiger partial charge in [-0.2, -0.15) is 0 Å². The van der Waals surface area contributed by atoms with Crippen LogP contribution >= 0.6 is 0 Å². The molecule has 0 amide bonds. The number of Topliss-reactive ketones (excluding diaryl/α,β-unsaturated/α-hetero) is 1. The summed E-state index contributed by atoms with van der Waals surface area (Å²) in [5.41, 5.74) is 1.68. The second kappa shape index (κ2) is 9.46. The molecule has 0 bridgehead atoms. The van der Waals surface area contributed by atoms with Crippen LogP contribution in [0.1, 0.15) is 17.3 Å². The Labute approximate surface area is 166 Å². The van der Waals surface area contributed by atoms with Crippen LogP contribution in [-0.2, 0) is 0 Å². The van der Waals surface area contributed by atoms with Crippen molar-refractivity contribution in [1.29, 1.82) is 0 Å². The molecule has 0 aliphatic carbocycles. The van der Waals surface area contributed by atoms with Gasteiger partial charge in [-0.25, -0.2) is 0 Å². The maximum Gasteiger partial charge on any atom is 0.180 e. The van der Waals surface area contributed by atoms with Gasteiger partial charge in [-0.15, -0.1) is 0 Å². The van der Waals surface area contributed by atoms with Gasteiger partial charge in [0.2, 0.25) is 0 Å². The third-order valence-corrected chi connectivity index (χ3v) is 4.95. The molecular weight excluding hydrogens is 356 g/mol. The Kier molecular flexibility index (Phi) is 6.76. The Morgan fingerprint density at radius 2 is 1.71 bits per heavy atom. The molecule has 0 saturated carbocycles. The highest BCUT2D eigenvalue weighted by molar-refractivity contribution is 6.00. The van der Waals surface area contributed by atoms with Crippen molar-refractivity contribution in [2.45, 2.75) is 6.92 Å². The van der Waals surface area contributed by atoms with Gasteiger partial charge in [-0.1, -0.05) is 12.1 Å².